The second-order valence-corrected chi connectivity index (χ2v) is 5.61. The van der Waals surface area contributed by atoms with Crippen LogP contribution in [0.3, 0.4) is 0 Å². The molecule has 6 heteroatoms. The third-order valence-corrected chi connectivity index (χ3v) is 3.98. The van der Waals surface area contributed by atoms with E-state index in [1.807, 2.05) is 12.1 Å². The van der Waals surface area contributed by atoms with Gasteiger partial charge in [0.2, 0.25) is 0 Å². The molecule has 1 aliphatic heterocycles. The van der Waals surface area contributed by atoms with Crippen molar-refractivity contribution in [1.29, 1.82) is 0 Å². The van der Waals surface area contributed by atoms with Crippen LogP contribution in [0.2, 0.25) is 0 Å². The Hall–Kier alpha value is -2.05. The molecule has 3 heterocycles. The first kappa shape index (κ1) is 14.9. The zero-order valence-electron chi connectivity index (χ0n) is 12.6. The van der Waals surface area contributed by atoms with Crippen LogP contribution < -0.4 is 4.74 Å². The zero-order valence-corrected chi connectivity index (χ0v) is 12.6. The van der Waals surface area contributed by atoms with E-state index >= 15 is 0 Å². The van der Waals surface area contributed by atoms with Crippen LogP contribution in [0.15, 0.2) is 36.9 Å². The van der Waals surface area contributed by atoms with Crippen LogP contribution >= 0.6 is 0 Å². The predicted molar refractivity (Wildman–Crippen MR) is 81.3 cm³/mol. The van der Waals surface area contributed by atoms with Gasteiger partial charge in [-0.25, -0.2) is 0 Å². The number of hydrogen-bond donors (Lipinski definition) is 1. The van der Waals surface area contributed by atoms with Gasteiger partial charge < -0.3 is 9.84 Å². The molecule has 3 rings (SSSR count). The number of β-amino-alcohol motifs (C(OH)–C–C–N with tert-alkyl or cyclic N) is 1. The first-order chi connectivity index (χ1) is 10.7. The largest absolute Gasteiger partial charge is 0.497 e. The summed E-state index contributed by atoms with van der Waals surface area (Å²) in [6.07, 6.45) is 7.27. The maximum absolute atomic E-state index is 10.3. The van der Waals surface area contributed by atoms with Crippen LogP contribution in [-0.2, 0) is 13.0 Å². The topological polar surface area (TPSA) is 71.4 Å². The van der Waals surface area contributed by atoms with Gasteiger partial charge in [0.1, 0.15) is 5.75 Å². The molecule has 0 bridgehead atoms. The lowest BCUT2D eigenvalue weighted by atomic mass is 10.0. The second kappa shape index (κ2) is 6.81. The van der Waals surface area contributed by atoms with E-state index in [4.69, 9.17) is 4.74 Å². The summed E-state index contributed by atoms with van der Waals surface area (Å²) in [6, 6.07) is 3.77. The van der Waals surface area contributed by atoms with E-state index in [1.165, 1.54) is 0 Å². The van der Waals surface area contributed by atoms with Crippen molar-refractivity contribution < 1.29 is 9.84 Å². The van der Waals surface area contributed by atoms with Gasteiger partial charge in [-0.1, -0.05) is 0 Å². The third kappa shape index (κ3) is 3.58. The molecule has 116 valence electrons. The Bertz CT molecular complexity index is 608. The minimum absolute atomic E-state index is 0.183. The Morgan fingerprint density at radius 2 is 2.09 bits per heavy atom. The molecular weight excluding hydrogens is 280 g/mol. The minimum Gasteiger partial charge on any atom is -0.497 e. The SMILES string of the molecule is COc1ccnc(CN2C[C@@H](Cc3cnccn3)[C@H](O)C2)c1. The Morgan fingerprint density at radius 1 is 1.23 bits per heavy atom. The van der Waals surface area contributed by atoms with E-state index in [0.29, 0.717) is 13.1 Å². The summed E-state index contributed by atoms with van der Waals surface area (Å²) in [5.41, 5.74) is 1.87. The number of rotatable bonds is 5. The highest BCUT2D eigenvalue weighted by molar-refractivity contribution is 5.22. The standard InChI is InChI=1S/C16H20N4O2/c1-22-15-2-3-18-14(7-15)10-20-9-12(16(21)11-20)6-13-8-17-4-5-19-13/h2-5,7-8,12,16,21H,6,9-11H2,1H3/t12-,16-/m1/s1. The maximum atomic E-state index is 10.3. The van der Waals surface area contributed by atoms with Gasteiger partial charge in [-0.05, 0) is 12.5 Å². The van der Waals surface area contributed by atoms with Crippen molar-refractivity contribution in [3.8, 4) is 5.75 Å². The summed E-state index contributed by atoms with van der Waals surface area (Å²) < 4.78 is 5.22. The predicted octanol–water partition coefficient (Wildman–Crippen LogP) is 0.916. The molecule has 2 atom stereocenters. The fourth-order valence-corrected chi connectivity index (χ4v) is 2.87. The molecule has 0 radical (unpaired) electrons. The highest BCUT2D eigenvalue weighted by Gasteiger charge is 2.31. The smallest absolute Gasteiger partial charge is 0.122 e. The van der Waals surface area contributed by atoms with Gasteiger partial charge in [0, 0.05) is 56.4 Å². The normalized spacial score (nSPS) is 21.9. The lowest BCUT2D eigenvalue weighted by molar-refractivity contribution is 0.140. The lowest BCUT2D eigenvalue weighted by Gasteiger charge is -2.15. The molecule has 0 amide bonds. The summed E-state index contributed by atoms with van der Waals surface area (Å²) in [5.74, 6) is 0.989. The average molecular weight is 300 g/mol. The molecule has 6 nitrogen and oxygen atoms in total. The number of methoxy groups -OCH3 is 1. The first-order valence-corrected chi connectivity index (χ1v) is 7.39. The number of aliphatic hydroxyl groups excluding tert-OH is 1. The number of nitrogens with zero attached hydrogens (tertiary/aromatic N) is 4. The van der Waals surface area contributed by atoms with E-state index in [2.05, 4.69) is 19.9 Å². The van der Waals surface area contributed by atoms with Crippen molar-refractivity contribution in [3.63, 3.8) is 0 Å². The van der Waals surface area contributed by atoms with Crippen molar-refractivity contribution >= 4 is 0 Å². The Morgan fingerprint density at radius 3 is 2.86 bits per heavy atom. The summed E-state index contributed by atoms with van der Waals surface area (Å²) in [7, 11) is 1.65. The van der Waals surface area contributed by atoms with Crippen molar-refractivity contribution in [1.82, 2.24) is 19.9 Å². The lowest BCUT2D eigenvalue weighted by Crippen LogP contribution is -2.21. The molecule has 0 aromatic carbocycles. The van der Waals surface area contributed by atoms with Gasteiger partial charge >= 0.3 is 0 Å². The Labute approximate surface area is 129 Å². The molecule has 1 saturated heterocycles. The molecular formula is C16H20N4O2. The average Bonchev–Trinajstić information content (AvgIpc) is 2.88. The fourth-order valence-electron chi connectivity index (χ4n) is 2.87. The quantitative estimate of drug-likeness (QED) is 0.885. The van der Waals surface area contributed by atoms with Crippen LogP contribution in [-0.4, -0.2) is 51.3 Å². The fraction of sp³-hybridized carbons (Fsp3) is 0.438. The molecule has 0 unspecified atom stereocenters. The van der Waals surface area contributed by atoms with Crippen molar-refractivity contribution in [2.45, 2.75) is 19.1 Å². The Balaban J connectivity index is 1.60. The van der Waals surface area contributed by atoms with Gasteiger partial charge in [-0.2, -0.15) is 0 Å². The highest BCUT2D eigenvalue weighted by atomic mass is 16.5. The number of ether oxygens (including phenoxy) is 1. The first-order valence-electron chi connectivity index (χ1n) is 7.39. The maximum Gasteiger partial charge on any atom is 0.122 e. The molecule has 1 fully saturated rings. The molecule has 22 heavy (non-hydrogen) atoms. The van der Waals surface area contributed by atoms with Gasteiger partial charge in [0.15, 0.2) is 0 Å². The van der Waals surface area contributed by atoms with E-state index in [0.717, 1.165) is 30.1 Å². The summed E-state index contributed by atoms with van der Waals surface area (Å²) >= 11 is 0. The zero-order chi connectivity index (χ0) is 15.4. The minimum atomic E-state index is -0.340. The van der Waals surface area contributed by atoms with Gasteiger partial charge in [-0.3, -0.25) is 19.9 Å². The van der Waals surface area contributed by atoms with Crippen LogP contribution in [0.1, 0.15) is 11.4 Å². The van der Waals surface area contributed by atoms with Gasteiger partial charge in [-0.15, -0.1) is 0 Å². The van der Waals surface area contributed by atoms with E-state index < -0.39 is 0 Å². The van der Waals surface area contributed by atoms with E-state index in [9.17, 15) is 5.11 Å². The summed E-state index contributed by atoms with van der Waals surface area (Å²) in [5, 5.41) is 10.3. The molecule has 2 aromatic rings. The number of pyridine rings is 1. The van der Waals surface area contributed by atoms with Crippen LogP contribution in [0, 0.1) is 5.92 Å². The number of aromatic nitrogens is 3. The van der Waals surface area contributed by atoms with Crippen molar-refractivity contribution in [2.75, 3.05) is 20.2 Å². The molecule has 2 aromatic heterocycles. The second-order valence-electron chi connectivity index (χ2n) is 5.61. The van der Waals surface area contributed by atoms with Crippen LogP contribution in [0.4, 0.5) is 0 Å². The van der Waals surface area contributed by atoms with Gasteiger partial charge in [0.05, 0.1) is 24.6 Å². The number of hydrogen-bond acceptors (Lipinski definition) is 6. The number of aliphatic hydroxyl groups is 1. The van der Waals surface area contributed by atoms with Crippen molar-refractivity contribution in [2.24, 2.45) is 5.92 Å². The summed E-state index contributed by atoms with van der Waals surface area (Å²) in [4.78, 5) is 14.9. The molecule has 0 saturated carbocycles. The van der Waals surface area contributed by atoms with Crippen LogP contribution in [0.5, 0.6) is 5.75 Å². The summed E-state index contributed by atoms with van der Waals surface area (Å²) in [6.45, 7) is 2.20. The van der Waals surface area contributed by atoms with E-state index in [-0.39, 0.29) is 12.0 Å². The van der Waals surface area contributed by atoms with Crippen LogP contribution in [0.25, 0.3) is 0 Å². The highest BCUT2D eigenvalue weighted by Crippen LogP contribution is 2.22. The Kier molecular flexibility index (Phi) is 4.60. The molecule has 0 aliphatic carbocycles. The van der Waals surface area contributed by atoms with Gasteiger partial charge in [0.25, 0.3) is 0 Å². The molecule has 0 spiro atoms. The number of likely N-dealkylation sites (tertiary alicyclic amines) is 1. The van der Waals surface area contributed by atoms with E-state index in [1.54, 1.807) is 31.9 Å². The molecule has 1 N–H and O–H groups in total. The molecule has 1 aliphatic rings. The van der Waals surface area contributed by atoms with Crippen molar-refractivity contribution in [3.05, 3.63) is 48.3 Å². The third-order valence-electron chi connectivity index (χ3n) is 3.98. The monoisotopic (exact) mass is 300 g/mol.